The third-order valence-electron chi connectivity index (χ3n) is 4.55. The van der Waals surface area contributed by atoms with Crippen molar-refractivity contribution in [2.24, 2.45) is 10.9 Å². The molecular formula is C18H29ClN4O. The first kappa shape index (κ1) is 19.0. The first-order chi connectivity index (χ1) is 11.7. The molecule has 2 N–H and O–H groups in total. The molecule has 6 heteroatoms. The van der Waals surface area contributed by atoms with Crippen molar-refractivity contribution in [3.8, 4) is 0 Å². The van der Waals surface area contributed by atoms with Crippen LogP contribution in [0.5, 0.6) is 0 Å². The van der Waals surface area contributed by atoms with Gasteiger partial charge in [-0.05, 0) is 50.0 Å². The SMILES string of the molecule is CN=C(NCCOC)NCC1CCCN(C)C1c1cccc(Cl)c1. The van der Waals surface area contributed by atoms with E-state index in [2.05, 4.69) is 39.7 Å². The molecule has 24 heavy (non-hydrogen) atoms. The summed E-state index contributed by atoms with van der Waals surface area (Å²) in [6.45, 7) is 3.42. The molecule has 1 fully saturated rings. The zero-order valence-corrected chi connectivity index (χ0v) is 15.6. The molecule has 1 aromatic rings. The number of likely N-dealkylation sites (tertiary alicyclic amines) is 1. The van der Waals surface area contributed by atoms with Crippen molar-refractivity contribution in [2.75, 3.05) is 47.4 Å². The third kappa shape index (κ3) is 5.36. The van der Waals surface area contributed by atoms with Crippen LogP contribution >= 0.6 is 11.6 Å². The van der Waals surface area contributed by atoms with Gasteiger partial charge in [-0.2, -0.15) is 0 Å². The summed E-state index contributed by atoms with van der Waals surface area (Å²) >= 11 is 6.21. The van der Waals surface area contributed by atoms with E-state index in [1.54, 1.807) is 14.2 Å². The van der Waals surface area contributed by atoms with E-state index in [1.807, 2.05) is 12.1 Å². The zero-order valence-electron chi connectivity index (χ0n) is 14.9. The Morgan fingerprint density at radius 1 is 1.42 bits per heavy atom. The number of hydrogen-bond acceptors (Lipinski definition) is 3. The largest absolute Gasteiger partial charge is 0.383 e. The number of piperidine rings is 1. The number of halogens is 1. The fourth-order valence-corrected chi connectivity index (χ4v) is 3.61. The van der Waals surface area contributed by atoms with Gasteiger partial charge in [-0.3, -0.25) is 9.89 Å². The van der Waals surface area contributed by atoms with E-state index in [-0.39, 0.29) is 0 Å². The number of nitrogens with zero attached hydrogens (tertiary/aromatic N) is 2. The molecule has 1 aliphatic rings. The number of nitrogens with one attached hydrogen (secondary N) is 2. The average Bonchev–Trinajstić information content (AvgIpc) is 2.58. The minimum Gasteiger partial charge on any atom is -0.383 e. The minimum absolute atomic E-state index is 0.377. The average molecular weight is 353 g/mol. The van der Waals surface area contributed by atoms with Crippen LogP contribution in [0.2, 0.25) is 5.02 Å². The summed E-state index contributed by atoms with van der Waals surface area (Å²) in [6, 6.07) is 8.62. The molecular weight excluding hydrogens is 324 g/mol. The van der Waals surface area contributed by atoms with Crippen molar-refractivity contribution in [2.45, 2.75) is 18.9 Å². The maximum Gasteiger partial charge on any atom is 0.191 e. The standard InChI is InChI=1S/C18H29ClN4O/c1-20-18(21-9-11-24-3)22-13-15-7-5-10-23(2)17(15)14-6-4-8-16(19)12-14/h4,6,8,12,15,17H,5,7,9-11,13H2,1-3H3,(H2,20,21,22). The van der Waals surface area contributed by atoms with Gasteiger partial charge in [0.15, 0.2) is 5.96 Å². The fourth-order valence-electron chi connectivity index (χ4n) is 3.41. The van der Waals surface area contributed by atoms with Gasteiger partial charge in [-0.1, -0.05) is 23.7 Å². The van der Waals surface area contributed by atoms with Gasteiger partial charge in [0.05, 0.1) is 6.61 Å². The lowest BCUT2D eigenvalue weighted by Gasteiger charge is -2.40. The predicted octanol–water partition coefficient (Wildman–Crippen LogP) is 2.53. The van der Waals surface area contributed by atoms with Crippen molar-refractivity contribution >= 4 is 17.6 Å². The Balaban J connectivity index is 2.00. The van der Waals surface area contributed by atoms with Gasteiger partial charge < -0.3 is 15.4 Å². The Morgan fingerprint density at radius 2 is 2.25 bits per heavy atom. The highest BCUT2D eigenvalue weighted by Crippen LogP contribution is 2.35. The molecule has 134 valence electrons. The topological polar surface area (TPSA) is 48.9 Å². The summed E-state index contributed by atoms with van der Waals surface area (Å²) in [6.07, 6.45) is 2.42. The molecule has 0 spiro atoms. The number of rotatable bonds is 6. The van der Waals surface area contributed by atoms with Crippen molar-refractivity contribution < 1.29 is 4.74 Å². The molecule has 0 radical (unpaired) electrons. The van der Waals surface area contributed by atoms with Gasteiger partial charge in [-0.25, -0.2) is 0 Å². The number of aliphatic imine (C=N–C) groups is 1. The van der Waals surface area contributed by atoms with E-state index in [1.165, 1.54) is 18.4 Å². The number of guanidine groups is 1. The van der Waals surface area contributed by atoms with Crippen molar-refractivity contribution in [1.82, 2.24) is 15.5 Å². The molecule has 2 atom stereocenters. The number of ether oxygens (including phenoxy) is 1. The van der Waals surface area contributed by atoms with Gasteiger partial charge >= 0.3 is 0 Å². The second-order valence-electron chi connectivity index (χ2n) is 6.26. The molecule has 0 amide bonds. The molecule has 0 saturated carbocycles. The van der Waals surface area contributed by atoms with Crippen LogP contribution in [0.15, 0.2) is 29.3 Å². The lowest BCUT2D eigenvalue weighted by atomic mass is 9.85. The van der Waals surface area contributed by atoms with E-state index in [0.29, 0.717) is 18.6 Å². The summed E-state index contributed by atoms with van der Waals surface area (Å²) < 4.78 is 5.07. The summed E-state index contributed by atoms with van der Waals surface area (Å²) in [5, 5.41) is 7.52. The molecule has 0 bridgehead atoms. The molecule has 1 heterocycles. The first-order valence-corrected chi connectivity index (χ1v) is 8.92. The highest BCUT2D eigenvalue weighted by molar-refractivity contribution is 6.30. The van der Waals surface area contributed by atoms with Gasteiger partial charge in [-0.15, -0.1) is 0 Å². The van der Waals surface area contributed by atoms with Gasteiger partial charge in [0, 0.05) is 38.3 Å². The quantitative estimate of drug-likeness (QED) is 0.469. The van der Waals surface area contributed by atoms with Crippen molar-refractivity contribution in [3.63, 3.8) is 0 Å². The Labute approximate surface area is 150 Å². The van der Waals surface area contributed by atoms with Crippen LogP contribution in [-0.4, -0.2) is 58.3 Å². The zero-order chi connectivity index (χ0) is 17.4. The molecule has 0 aliphatic carbocycles. The van der Waals surface area contributed by atoms with E-state index >= 15 is 0 Å². The Bertz CT molecular complexity index is 538. The van der Waals surface area contributed by atoms with Gasteiger partial charge in [0.25, 0.3) is 0 Å². The van der Waals surface area contributed by atoms with Crippen LogP contribution < -0.4 is 10.6 Å². The van der Waals surface area contributed by atoms with Crippen LogP contribution in [0.4, 0.5) is 0 Å². The van der Waals surface area contributed by atoms with Crippen LogP contribution in [-0.2, 0) is 4.74 Å². The Morgan fingerprint density at radius 3 is 2.96 bits per heavy atom. The normalized spacial score (nSPS) is 22.4. The highest BCUT2D eigenvalue weighted by atomic mass is 35.5. The molecule has 1 saturated heterocycles. The van der Waals surface area contributed by atoms with E-state index in [0.717, 1.165) is 30.6 Å². The molecule has 0 aromatic heterocycles. The van der Waals surface area contributed by atoms with E-state index in [9.17, 15) is 0 Å². The minimum atomic E-state index is 0.377. The smallest absolute Gasteiger partial charge is 0.191 e. The van der Waals surface area contributed by atoms with Crippen molar-refractivity contribution in [1.29, 1.82) is 0 Å². The summed E-state index contributed by atoms with van der Waals surface area (Å²) in [5.74, 6) is 1.34. The molecule has 1 aromatic carbocycles. The maximum atomic E-state index is 6.21. The highest BCUT2D eigenvalue weighted by Gasteiger charge is 2.30. The van der Waals surface area contributed by atoms with Gasteiger partial charge in [0.2, 0.25) is 0 Å². The summed E-state index contributed by atoms with van der Waals surface area (Å²) in [4.78, 5) is 6.71. The summed E-state index contributed by atoms with van der Waals surface area (Å²) in [7, 11) is 5.69. The van der Waals surface area contributed by atoms with Crippen LogP contribution in [0.3, 0.4) is 0 Å². The number of hydrogen-bond donors (Lipinski definition) is 2. The van der Waals surface area contributed by atoms with Crippen molar-refractivity contribution in [3.05, 3.63) is 34.9 Å². The Hall–Kier alpha value is -1.30. The second kappa shape index (κ2) is 9.87. The van der Waals surface area contributed by atoms with Gasteiger partial charge in [0.1, 0.15) is 0 Å². The lowest BCUT2D eigenvalue weighted by molar-refractivity contribution is 0.122. The van der Waals surface area contributed by atoms with Crippen LogP contribution in [0.25, 0.3) is 0 Å². The van der Waals surface area contributed by atoms with Crippen LogP contribution in [0.1, 0.15) is 24.4 Å². The molecule has 2 rings (SSSR count). The molecule has 2 unspecified atom stereocenters. The summed E-state index contributed by atoms with van der Waals surface area (Å²) in [5.41, 5.74) is 1.29. The molecule has 1 aliphatic heterocycles. The number of methoxy groups -OCH3 is 1. The second-order valence-corrected chi connectivity index (χ2v) is 6.69. The van der Waals surface area contributed by atoms with Crippen LogP contribution in [0, 0.1) is 5.92 Å². The fraction of sp³-hybridized carbons (Fsp3) is 0.611. The predicted molar refractivity (Wildman–Crippen MR) is 101 cm³/mol. The Kier molecular flexibility index (Phi) is 7.82. The van der Waals surface area contributed by atoms with E-state index < -0.39 is 0 Å². The first-order valence-electron chi connectivity index (χ1n) is 8.55. The third-order valence-corrected chi connectivity index (χ3v) is 4.79. The number of benzene rings is 1. The van der Waals surface area contributed by atoms with E-state index in [4.69, 9.17) is 16.3 Å². The molecule has 5 nitrogen and oxygen atoms in total. The maximum absolute atomic E-state index is 6.21. The monoisotopic (exact) mass is 352 g/mol. The lowest BCUT2D eigenvalue weighted by Crippen LogP contribution is -2.45.